The van der Waals surface area contributed by atoms with Crippen LogP contribution < -0.4 is 4.72 Å². The second kappa shape index (κ2) is 6.93. The van der Waals surface area contributed by atoms with Gasteiger partial charge in [0.2, 0.25) is 0 Å². The predicted molar refractivity (Wildman–Crippen MR) is 86.5 cm³/mol. The third kappa shape index (κ3) is 3.66. The van der Waals surface area contributed by atoms with Gasteiger partial charge in [-0.1, -0.05) is 25.1 Å². The Kier molecular flexibility index (Phi) is 5.20. The number of amides is 1. The second-order valence-electron chi connectivity index (χ2n) is 4.49. The average molecular weight is 336 g/mol. The fourth-order valence-corrected chi connectivity index (χ4v) is 3.86. The van der Waals surface area contributed by atoms with E-state index < -0.39 is 15.9 Å². The minimum atomic E-state index is -3.99. The van der Waals surface area contributed by atoms with E-state index in [0.717, 1.165) is 10.6 Å². The molecule has 0 saturated carbocycles. The van der Waals surface area contributed by atoms with Crippen molar-refractivity contribution in [2.24, 2.45) is 0 Å². The van der Waals surface area contributed by atoms with Gasteiger partial charge in [-0.3, -0.25) is 4.79 Å². The largest absolute Gasteiger partial charge is 0.282 e. The van der Waals surface area contributed by atoms with Gasteiger partial charge in [0.05, 0.1) is 5.56 Å². The highest BCUT2D eigenvalue weighted by atomic mass is 32.2. The highest BCUT2D eigenvalue weighted by Crippen LogP contribution is 2.22. The molecule has 22 heavy (non-hydrogen) atoms. The molecule has 1 heterocycles. The first-order valence-electron chi connectivity index (χ1n) is 6.66. The van der Waals surface area contributed by atoms with Crippen LogP contribution in [0.1, 0.15) is 22.8 Å². The van der Waals surface area contributed by atoms with Gasteiger partial charge in [0.15, 0.2) is 5.03 Å². The maximum Gasteiger partial charge on any atom is 0.282 e. The van der Waals surface area contributed by atoms with Crippen LogP contribution in [0.25, 0.3) is 0 Å². The molecular weight excluding hydrogens is 320 g/mol. The monoisotopic (exact) mass is 336 g/mol. The lowest BCUT2D eigenvalue weighted by molar-refractivity contribution is 0.0978. The highest BCUT2D eigenvalue weighted by Gasteiger charge is 2.23. The van der Waals surface area contributed by atoms with E-state index in [1.807, 2.05) is 13.0 Å². The Labute approximate surface area is 134 Å². The van der Waals surface area contributed by atoms with Crippen molar-refractivity contribution in [3.05, 3.63) is 53.7 Å². The van der Waals surface area contributed by atoms with Gasteiger partial charge in [-0.05, 0) is 36.4 Å². The summed E-state index contributed by atoms with van der Waals surface area (Å²) in [5.41, 5.74) is 0.825. The number of hydrogen-bond donors (Lipinski definition) is 1. The van der Waals surface area contributed by atoms with Crippen LogP contribution in [0.4, 0.5) is 0 Å². The standard InChI is InChI=1S/C15H16N2O3S2/c1-3-21-13-9-5-4-8-12(13)14(18)17-22(19,20)15-11(2)7-6-10-16-15/h4-10H,3H2,1-2H3,(H,17,18). The average Bonchev–Trinajstić information content (AvgIpc) is 2.48. The van der Waals surface area contributed by atoms with Crippen LogP contribution >= 0.6 is 11.8 Å². The van der Waals surface area contributed by atoms with Crippen molar-refractivity contribution in [3.8, 4) is 0 Å². The number of carbonyl (C=O) groups is 1. The molecule has 0 bridgehead atoms. The molecule has 0 unspecified atom stereocenters. The summed E-state index contributed by atoms with van der Waals surface area (Å²) in [6, 6.07) is 10.2. The summed E-state index contributed by atoms with van der Waals surface area (Å²) >= 11 is 1.48. The second-order valence-corrected chi connectivity index (χ2v) is 7.39. The number of hydrogen-bond acceptors (Lipinski definition) is 5. The number of carbonyl (C=O) groups excluding carboxylic acids is 1. The zero-order valence-corrected chi connectivity index (χ0v) is 13.9. The minimum Gasteiger partial charge on any atom is -0.268 e. The van der Waals surface area contributed by atoms with E-state index in [2.05, 4.69) is 9.71 Å². The molecule has 0 atom stereocenters. The normalized spacial score (nSPS) is 11.2. The zero-order valence-electron chi connectivity index (χ0n) is 12.2. The van der Waals surface area contributed by atoms with Crippen LogP contribution in [0.3, 0.4) is 0 Å². The van der Waals surface area contributed by atoms with E-state index in [9.17, 15) is 13.2 Å². The van der Waals surface area contributed by atoms with Crippen molar-refractivity contribution in [2.75, 3.05) is 5.75 Å². The van der Waals surface area contributed by atoms with Gasteiger partial charge < -0.3 is 0 Å². The fraction of sp³-hybridized carbons (Fsp3) is 0.200. The molecule has 0 saturated heterocycles. The summed E-state index contributed by atoms with van der Waals surface area (Å²) in [6.07, 6.45) is 1.38. The van der Waals surface area contributed by atoms with Gasteiger partial charge in [0, 0.05) is 11.1 Å². The number of rotatable bonds is 5. The van der Waals surface area contributed by atoms with Gasteiger partial charge in [-0.25, -0.2) is 9.71 Å². The lowest BCUT2D eigenvalue weighted by atomic mass is 10.2. The Balaban J connectivity index is 2.31. The number of pyridine rings is 1. The molecule has 2 rings (SSSR count). The molecule has 0 fully saturated rings. The summed E-state index contributed by atoms with van der Waals surface area (Å²) < 4.78 is 26.7. The molecule has 1 aromatic heterocycles. The smallest absolute Gasteiger partial charge is 0.268 e. The molecule has 0 spiro atoms. The summed E-state index contributed by atoms with van der Waals surface area (Å²) in [4.78, 5) is 16.9. The molecule has 5 nitrogen and oxygen atoms in total. The van der Waals surface area contributed by atoms with Crippen LogP contribution in [-0.2, 0) is 10.0 Å². The predicted octanol–water partition coefficient (Wildman–Crippen LogP) is 2.62. The van der Waals surface area contributed by atoms with Gasteiger partial charge in [0.25, 0.3) is 15.9 Å². The maximum absolute atomic E-state index is 12.3. The maximum atomic E-state index is 12.3. The first-order valence-corrected chi connectivity index (χ1v) is 9.13. The van der Waals surface area contributed by atoms with Crippen LogP contribution in [0.5, 0.6) is 0 Å². The molecule has 0 aliphatic heterocycles. The Morgan fingerprint density at radius 3 is 2.64 bits per heavy atom. The fourth-order valence-electron chi connectivity index (χ4n) is 1.91. The molecule has 0 radical (unpaired) electrons. The van der Waals surface area contributed by atoms with E-state index >= 15 is 0 Å². The quantitative estimate of drug-likeness (QED) is 0.850. The van der Waals surface area contributed by atoms with Gasteiger partial charge in [-0.2, -0.15) is 8.42 Å². The molecule has 2 aromatic rings. The van der Waals surface area contributed by atoms with E-state index in [1.54, 1.807) is 37.3 Å². The number of aryl methyl sites for hydroxylation is 1. The number of nitrogens with zero attached hydrogens (tertiary/aromatic N) is 1. The lowest BCUT2D eigenvalue weighted by Crippen LogP contribution is -2.32. The van der Waals surface area contributed by atoms with Crippen molar-refractivity contribution in [1.82, 2.24) is 9.71 Å². The number of aromatic nitrogens is 1. The van der Waals surface area contributed by atoms with E-state index in [0.29, 0.717) is 11.1 Å². The molecule has 0 aliphatic rings. The van der Waals surface area contributed by atoms with E-state index in [-0.39, 0.29) is 5.03 Å². The highest BCUT2D eigenvalue weighted by molar-refractivity contribution is 7.99. The number of sulfonamides is 1. The van der Waals surface area contributed by atoms with Crippen LogP contribution in [0.15, 0.2) is 52.5 Å². The topological polar surface area (TPSA) is 76.1 Å². The first kappa shape index (κ1) is 16.5. The zero-order chi connectivity index (χ0) is 16.2. The summed E-state index contributed by atoms with van der Waals surface area (Å²) in [5.74, 6) is 0.137. The SMILES string of the molecule is CCSc1ccccc1C(=O)NS(=O)(=O)c1ncccc1C. The Morgan fingerprint density at radius 1 is 1.23 bits per heavy atom. The third-order valence-electron chi connectivity index (χ3n) is 2.87. The number of benzene rings is 1. The van der Waals surface area contributed by atoms with Crippen LogP contribution in [0.2, 0.25) is 0 Å². The van der Waals surface area contributed by atoms with Crippen LogP contribution in [-0.4, -0.2) is 25.1 Å². The summed E-state index contributed by atoms with van der Waals surface area (Å²) in [7, 11) is -3.99. The van der Waals surface area contributed by atoms with Gasteiger partial charge in [0.1, 0.15) is 0 Å². The van der Waals surface area contributed by atoms with Gasteiger partial charge >= 0.3 is 0 Å². The van der Waals surface area contributed by atoms with E-state index in [1.165, 1.54) is 18.0 Å². The van der Waals surface area contributed by atoms with Gasteiger partial charge in [-0.15, -0.1) is 11.8 Å². The number of nitrogens with one attached hydrogen (secondary N) is 1. The number of thioether (sulfide) groups is 1. The molecule has 1 N–H and O–H groups in total. The molecule has 0 aliphatic carbocycles. The third-order valence-corrected chi connectivity index (χ3v) is 5.22. The van der Waals surface area contributed by atoms with Crippen molar-refractivity contribution in [1.29, 1.82) is 0 Å². The lowest BCUT2D eigenvalue weighted by Gasteiger charge is -2.10. The Hall–Kier alpha value is -1.86. The molecule has 7 heteroatoms. The summed E-state index contributed by atoms with van der Waals surface area (Å²) in [6.45, 7) is 3.60. The minimum absolute atomic E-state index is 0.135. The van der Waals surface area contributed by atoms with Crippen molar-refractivity contribution < 1.29 is 13.2 Å². The molecule has 1 aromatic carbocycles. The Morgan fingerprint density at radius 2 is 1.95 bits per heavy atom. The summed E-state index contributed by atoms with van der Waals surface area (Å²) in [5, 5.41) is -0.135. The van der Waals surface area contributed by atoms with Crippen molar-refractivity contribution >= 4 is 27.7 Å². The van der Waals surface area contributed by atoms with Crippen molar-refractivity contribution in [2.45, 2.75) is 23.8 Å². The van der Waals surface area contributed by atoms with Crippen molar-refractivity contribution in [3.63, 3.8) is 0 Å². The first-order chi connectivity index (χ1) is 10.5. The Bertz CT molecular complexity index is 789. The van der Waals surface area contributed by atoms with E-state index in [4.69, 9.17) is 0 Å². The molecular formula is C15H16N2O3S2. The van der Waals surface area contributed by atoms with Crippen LogP contribution in [0, 0.1) is 6.92 Å². The molecule has 1 amide bonds. The molecule has 116 valence electrons.